The first-order valence-corrected chi connectivity index (χ1v) is 6.75. The van der Waals surface area contributed by atoms with Gasteiger partial charge in [0.15, 0.2) is 0 Å². The second-order valence-corrected chi connectivity index (χ2v) is 5.01. The fourth-order valence-electron chi connectivity index (χ4n) is 2.06. The molecule has 0 atom stereocenters. The van der Waals surface area contributed by atoms with Crippen LogP contribution in [0.15, 0.2) is 23.3 Å². The maximum absolute atomic E-state index is 11.9. The van der Waals surface area contributed by atoms with E-state index in [1.165, 1.54) is 18.6 Å². The largest absolute Gasteiger partial charge is 0.272 e. The Balaban J connectivity index is 2.07. The fraction of sp³-hybridized carbons (Fsp3) is 0.385. The van der Waals surface area contributed by atoms with E-state index in [0.717, 1.165) is 37.5 Å². The Bertz CT molecular complexity index is 564. The van der Waals surface area contributed by atoms with Crippen molar-refractivity contribution in [3.05, 3.63) is 38.9 Å². The summed E-state index contributed by atoms with van der Waals surface area (Å²) in [6, 6.07) is 3.73. The number of carbonyl (C=O) groups is 1. The second-order valence-electron chi connectivity index (χ2n) is 4.60. The van der Waals surface area contributed by atoms with Crippen molar-refractivity contribution in [3.63, 3.8) is 0 Å². The number of nitro benzene ring substituents is 1. The summed E-state index contributed by atoms with van der Waals surface area (Å²) in [6.45, 7) is 0. The summed E-state index contributed by atoms with van der Waals surface area (Å²) in [5.74, 6) is -0.456. The summed E-state index contributed by atoms with van der Waals surface area (Å²) >= 11 is 5.88. The number of nitro groups is 1. The predicted octanol–water partition coefficient (Wildman–Crippen LogP) is 3.30. The Kier molecular flexibility index (Phi) is 4.68. The molecule has 0 saturated heterocycles. The lowest BCUT2D eigenvalue weighted by atomic mass is 9.99. The molecule has 1 N–H and O–H groups in total. The Morgan fingerprint density at radius 2 is 2.00 bits per heavy atom. The van der Waals surface area contributed by atoms with Gasteiger partial charge in [0.25, 0.3) is 11.6 Å². The molecule has 20 heavy (non-hydrogen) atoms. The van der Waals surface area contributed by atoms with Crippen LogP contribution in [0.1, 0.15) is 42.5 Å². The van der Waals surface area contributed by atoms with Gasteiger partial charge in [0.1, 0.15) is 0 Å². The highest BCUT2D eigenvalue weighted by Crippen LogP contribution is 2.22. The molecule has 106 valence electrons. The lowest BCUT2D eigenvalue weighted by molar-refractivity contribution is -0.384. The molecule has 1 fully saturated rings. The van der Waals surface area contributed by atoms with E-state index in [2.05, 4.69) is 10.5 Å². The van der Waals surface area contributed by atoms with Gasteiger partial charge in [0.05, 0.1) is 15.5 Å². The Morgan fingerprint density at radius 1 is 1.30 bits per heavy atom. The van der Waals surface area contributed by atoms with E-state index >= 15 is 0 Å². The molecule has 7 heteroatoms. The topological polar surface area (TPSA) is 84.6 Å². The number of hydrogen-bond donors (Lipinski definition) is 1. The van der Waals surface area contributed by atoms with Crippen molar-refractivity contribution >= 4 is 28.9 Å². The second kappa shape index (κ2) is 6.47. The van der Waals surface area contributed by atoms with Crippen LogP contribution in [0, 0.1) is 10.1 Å². The van der Waals surface area contributed by atoms with Gasteiger partial charge in [-0.1, -0.05) is 18.0 Å². The first-order chi connectivity index (χ1) is 9.58. The minimum Gasteiger partial charge on any atom is -0.267 e. The molecule has 0 heterocycles. The van der Waals surface area contributed by atoms with Gasteiger partial charge in [-0.2, -0.15) is 5.10 Å². The molecule has 0 aliphatic heterocycles. The SMILES string of the molecule is O=C(NN=C1CCCCC1)c1ccc([N+](=O)[O-])cc1Cl. The molecule has 0 spiro atoms. The monoisotopic (exact) mass is 295 g/mol. The van der Waals surface area contributed by atoms with Crippen LogP contribution < -0.4 is 5.43 Å². The molecule has 0 radical (unpaired) electrons. The number of hydrazone groups is 1. The van der Waals surface area contributed by atoms with Crippen molar-refractivity contribution in [2.45, 2.75) is 32.1 Å². The standard InChI is InChI=1S/C13H14ClN3O3/c14-12-8-10(17(19)20)6-7-11(12)13(18)16-15-9-4-2-1-3-5-9/h6-8H,1-5H2,(H,16,18). The molecule has 1 aliphatic rings. The minimum absolute atomic E-state index is 0.0422. The van der Waals surface area contributed by atoms with Gasteiger partial charge in [-0.15, -0.1) is 0 Å². The van der Waals surface area contributed by atoms with Crippen molar-refractivity contribution in [1.82, 2.24) is 5.43 Å². The number of nitrogens with one attached hydrogen (secondary N) is 1. The van der Waals surface area contributed by atoms with Crippen LogP contribution in [-0.4, -0.2) is 16.5 Å². The average Bonchev–Trinajstić information content (AvgIpc) is 2.45. The van der Waals surface area contributed by atoms with E-state index in [9.17, 15) is 14.9 Å². The van der Waals surface area contributed by atoms with Gasteiger partial charge in [-0.25, -0.2) is 5.43 Å². The Labute approximate surface area is 121 Å². The summed E-state index contributed by atoms with van der Waals surface area (Å²) in [4.78, 5) is 21.9. The van der Waals surface area contributed by atoms with E-state index < -0.39 is 10.8 Å². The lowest BCUT2D eigenvalue weighted by Crippen LogP contribution is -2.21. The highest BCUT2D eigenvalue weighted by molar-refractivity contribution is 6.34. The summed E-state index contributed by atoms with van der Waals surface area (Å²) < 4.78 is 0. The highest BCUT2D eigenvalue weighted by atomic mass is 35.5. The van der Waals surface area contributed by atoms with E-state index in [0.29, 0.717) is 0 Å². The van der Waals surface area contributed by atoms with Crippen molar-refractivity contribution in [3.8, 4) is 0 Å². The van der Waals surface area contributed by atoms with E-state index in [-0.39, 0.29) is 16.3 Å². The third kappa shape index (κ3) is 3.54. The van der Waals surface area contributed by atoms with Crippen LogP contribution in [0.5, 0.6) is 0 Å². The number of rotatable bonds is 3. The molecule has 1 aromatic rings. The Morgan fingerprint density at radius 3 is 2.60 bits per heavy atom. The van der Waals surface area contributed by atoms with Gasteiger partial charge in [0.2, 0.25) is 0 Å². The zero-order chi connectivity index (χ0) is 14.5. The molecular formula is C13H14ClN3O3. The molecule has 1 amide bonds. The number of nitrogens with zero attached hydrogens (tertiary/aromatic N) is 2. The van der Waals surface area contributed by atoms with Gasteiger partial charge < -0.3 is 0 Å². The van der Waals surface area contributed by atoms with E-state index in [1.807, 2.05) is 0 Å². The first kappa shape index (κ1) is 14.5. The number of carbonyl (C=O) groups excluding carboxylic acids is 1. The van der Waals surface area contributed by atoms with Gasteiger partial charge in [0, 0.05) is 17.8 Å². The highest BCUT2D eigenvalue weighted by Gasteiger charge is 2.15. The van der Waals surface area contributed by atoms with Gasteiger partial charge in [-0.05, 0) is 31.7 Å². The fourth-order valence-corrected chi connectivity index (χ4v) is 2.32. The van der Waals surface area contributed by atoms with Crippen molar-refractivity contribution < 1.29 is 9.72 Å². The van der Waals surface area contributed by atoms with Crippen molar-refractivity contribution in [2.24, 2.45) is 5.10 Å². The molecule has 1 saturated carbocycles. The van der Waals surface area contributed by atoms with Crippen LogP contribution >= 0.6 is 11.6 Å². The first-order valence-electron chi connectivity index (χ1n) is 6.37. The molecule has 0 unspecified atom stereocenters. The van der Waals surface area contributed by atoms with Crippen LogP contribution in [0.3, 0.4) is 0 Å². The summed E-state index contributed by atoms with van der Waals surface area (Å²) in [5, 5.41) is 14.7. The van der Waals surface area contributed by atoms with Crippen LogP contribution in [0.25, 0.3) is 0 Å². The van der Waals surface area contributed by atoms with Crippen LogP contribution in [-0.2, 0) is 0 Å². The summed E-state index contributed by atoms with van der Waals surface area (Å²) in [5.41, 5.74) is 3.46. The maximum Gasteiger partial charge on any atom is 0.272 e. The smallest absolute Gasteiger partial charge is 0.267 e. The molecule has 1 aliphatic carbocycles. The van der Waals surface area contributed by atoms with Crippen LogP contribution in [0.4, 0.5) is 5.69 Å². The third-order valence-electron chi connectivity index (χ3n) is 3.15. The molecular weight excluding hydrogens is 282 g/mol. The third-order valence-corrected chi connectivity index (χ3v) is 3.47. The van der Waals surface area contributed by atoms with Crippen LogP contribution in [0.2, 0.25) is 5.02 Å². The van der Waals surface area contributed by atoms with Gasteiger partial charge in [-0.3, -0.25) is 14.9 Å². The van der Waals surface area contributed by atoms with E-state index in [4.69, 9.17) is 11.6 Å². The Hall–Kier alpha value is -1.95. The normalized spacial score (nSPS) is 14.8. The molecule has 1 aromatic carbocycles. The maximum atomic E-state index is 11.9. The van der Waals surface area contributed by atoms with E-state index in [1.54, 1.807) is 0 Å². The molecule has 0 bridgehead atoms. The van der Waals surface area contributed by atoms with Gasteiger partial charge >= 0.3 is 0 Å². The molecule has 6 nitrogen and oxygen atoms in total. The number of hydrogen-bond acceptors (Lipinski definition) is 4. The average molecular weight is 296 g/mol. The van der Waals surface area contributed by atoms with Crippen molar-refractivity contribution in [2.75, 3.05) is 0 Å². The quantitative estimate of drug-likeness (QED) is 0.686. The molecule has 2 rings (SSSR count). The zero-order valence-corrected chi connectivity index (χ0v) is 11.5. The minimum atomic E-state index is -0.560. The van der Waals surface area contributed by atoms with Crippen molar-refractivity contribution in [1.29, 1.82) is 0 Å². The molecule has 0 aromatic heterocycles. The summed E-state index contributed by atoms with van der Waals surface area (Å²) in [6.07, 6.45) is 5.17. The zero-order valence-electron chi connectivity index (χ0n) is 10.8. The lowest BCUT2D eigenvalue weighted by Gasteiger charge is -2.12. The number of non-ortho nitro benzene ring substituents is 1. The number of halogens is 1. The summed E-state index contributed by atoms with van der Waals surface area (Å²) in [7, 11) is 0. The number of amides is 1. The number of benzene rings is 1. The predicted molar refractivity (Wildman–Crippen MR) is 76.1 cm³/mol.